The van der Waals surface area contributed by atoms with E-state index < -0.39 is 29.2 Å². The van der Waals surface area contributed by atoms with Crippen LogP contribution in [0.1, 0.15) is 36.5 Å². The van der Waals surface area contributed by atoms with Crippen molar-refractivity contribution in [3.05, 3.63) is 35.1 Å². The second-order valence-corrected chi connectivity index (χ2v) is 3.90. The highest BCUT2D eigenvalue weighted by Gasteiger charge is 2.16. The van der Waals surface area contributed by atoms with E-state index in [-0.39, 0.29) is 25.0 Å². The molecule has 0 aliphatic heterocycles. The molecule has 6 heteroatoms. The van der Waals surface area contributed by atoms with E-state index in [0.717, 1.165) is 0 Å². The number of esters is 1. The summed E-state index contributed by atoms with van der Waals surface area (Å²) >= 11 is 0. The first-order chi connectivity index (χ1) is 8.95. The van der Waals surface area contributed by atoms with Gasteiger partial charge in [0.05, 0.1) is 13.0 Å². The molecule has 3 nitrogen and oxygen atoms in total. The van der Waals surface area contributed by atoms with Crippen LogP contribution in [0.15, 0.2) is 12.1 Å². The van der Waals surface area contributed by atoms with Gasteiger partial charge in [-0.05, 0) is 18.6 Å². The van der Waals surface area contributed by atoms with Gasteiger partial charge in [0.1, 0.15) is 0 Å². The van der Waals surface area contributed by atoms with Crippen molar-refractivity contribution in [3.8, 4) is 0 Å². The zero-order valence-electron chi connectivity index (χ0n) is 10.3. The number of ketones is 1. The lowest BCUT2D eigenvalue weighted by Crippen LogP contribution is -2.09. The van der Waals surface area contributed by atoms with Crippen LogP contribution in [-0.2, 0) is 9.53 Å². The Balaban J connectivity index is 2.61. The molecule has 0 radical (unpaired) electrons. The van der Waals surface area contributed by atoms with Gasteiger partial charge in [0.2, 0.25) is 0 Å². The van der Waals surface area contributed by atoms with Gasteiger partial charge in [-0.1, -0.05) is 6.92 Å². The van der Waals surface area contributed by atoms with Gasteiger partial charge in [-0.2, -0.15) is 0 Å². The van der Waals surface area contributed by atoms with E-state index in [4.69, 9.17) is 4.74 Å². The van der Waals surface area contributed by atoms with E-state index in [9.17, 15) is 22.8 Å². The maximum Gasteiger partial charge on any atom is 0.306 e. The molecule has 0 saturated heterocycles. The average molecular weight is 274 g/mol. The van der Waals surface area contributed by atoms with Crippen LogP contribution < -0.4 is 0 Å². The normalized spacial score (nSPS) is 10.3. The van der Waals surface area contributed by atoms with Gasteiger partial charge in [0.25, 0.3) is 0 Å². The first kappa shape index (κ1) is 15.2. The number of rotatable bonds is 6. The van der Waals surface area contributed by atoms with Gasteiger partial charge < -0.3 is 4.74 Å². The van der Waals surface area contributed by atoms with Crippen LogP contribution in [0.4, 0.5) is 13.2 Å². The highest BCUT2D eigenvalue weighted by Crippen LogP contribution is 2.15. The van der Waals surface area contributed by atoms with Gasteiger partial charge in [0.15, 0.2) is 23.2 Å². The van der Waals surface area contributed by atoms with Crippen LogP contribution in [0.2, 0.25) is 0 Å². The molecule has 0 unspecified atom stereocenters. The maximum absolute atomic E-state index is 12.9. The summed E-state index contributed by atoms with van der Waals surface area (Å²) in [7, 11) is 0. The van der Waals surface area contributed by atoms with Crippen molar-refractivity contribution >= 4 is 11.8 Å². The van der Waals surface area contributed by atoms with Crippen LogP contribution in [-0.4, -0.2) is 18.4 Å². The Bertz CT molecular complexity index is 463. The van der Waals surface area contributed by atoms with Crippen molar-refractivity contribution < 1.29 is 27.5 Å². The van der Waals surface area contributed by atoms with E-state index in [2.05, 4.69) is 0 Å². The molecule has 1 aromatic rings. The van der Waals surface area contributed by atoms with Crippen LogP contribution in [0.3, 0.4) is 0 Å². The fraction of sp³-hybridized carbons (Fsp3) is 0.385. The number of hydrogen-bond acceptors (Lipinski definition) is 3. The van der Waals surface area contributed by atoms with Gasteiger partial charge in [-0.3, -0.25) is 9.59 Å². The molecule has 0 heterocycles. The van der Waals surface area contributed by atoms with Gasteiger partial charge in [0, 0.05) is 12.0 Å². The fourth-order valence-corrected chi connectivity index (χ4v) is 1.36. The molecule has 0 aliphatic rings. The summed E-state index contributed by atoms with van der Waals surface area (Å²) in [5, 5.41) is 0. The summed E-state index contributed by atoms with van der Waals surface area (Å²) in [6.07, 6.45) is 0.237. The molecule has 104 valence electrons. The zero-order valence-corrected chi connectivity index (χ0v) is 10.3. The summed E-state index contributed by atoms with van der Waals surface area (Å²) in [5.74, 6) is -5.70. The number of ether oxygens (including phenoxy) is 1. The van der Waals surface area contributed by atoms with E-state index in [0.29, 0.717) is 18.6 Å². The van der Waals surface area contributed by atoms with Gasteiger partial charge in [-0.15, -0.1) is 0 Å². The molecular weight excluding hydrogens is 261 g/mol. The number of benzene rings is 1. The van der Waals surface area contributed by atoms with E-state index in [1.165, 1.54) is 0 Å². The summed E-state index contributed by atoms with van der Waals surface area (Å²) in [6.45, 7) is 2.08. The molecule has 0 atom stereocenters. The molecule has 0 fully saturated rings. The number of Topliss-reactive ketones (excluding diaryl/α,β-unsaturated/α-hetero) is 1. The lowest BCUT2D eigenvalue weighted by Gasteiger charge is -2.04. The lowest BCUT2D eigenvalue weighted by molar-refractivity contribution is -0.143. The Labute approximate surface area is 108 Å². The first-order valence-electron chi connectivity index (χ1n) is 5.79. The summed E-state index contributed by atoms with van der Waals surface area (Å²) in [4.78, 5) is 22.7. The van der Waals surface area contributed by atoms with Crippen molar-refractivity contribution in [2.75, 3.05) is 6.61 Å². The number of hydrogen-bond donors (Lipinski definition) is 0. The molecule has 19 heavy (non-hydrogen) atoms. The molecule has 1 aromatic carbocycles. The minimum Gasteiger partial charge on any atom is -0.466 e. The zero-order chi connectivity index (χ0) is 14.4. The minimum absolute atomic E-state index is 0.181. The summed E-state index contributed by atoms with van der Waals surface area (Å²) in [5.41, 5.74) is -0.306. The predicted molar refractivity (Wildman–Crippen MR) is 61.1 cm³/mol. The molecule has 0 spiro atoms. The number of halogens is 3. The Hall–Kier alpha value is -1.85. The Morgan fingerprint density at radius 3 is 2.21 bits per heavy atom. The molecule has 0 saturated carbocycles. The van der Waals surface area contributed by atoms with Crippen LogP contribution in [0.25, 0.3) is 0 Å². The van der Waals surface area contributed by atoms with Crippen LogP contribution in [0.5, 0.6) is 0 Å². The molecule has 0 aliphatic carbocycles. The molecule has 0 N–H and O–H groups in total. The quantitative estimate of drug-likeness (QED) is 0.455. The predicted octanol–water partition coefficient (Wildman–Crippen LogP) is 3.02. The smallest absolute Gasteiger partial charge is 0.306 e. The van der Waals surface area contributed by atoms with Crippen molar-refractivity contribution in [2.24, 2.45) is 0 Å². The maximum atomic E-state index is 12.9. The van der Waals surface area contributed by atoms with Gasteiger partial charge >= 0.3 is 5.97 Å². The van der Waals surface area contributed by atoms with E-state index >= 15 is 0 Å². The Morgan fingerprint density at radius 1 is 1.11 bits per heavy atom. The van der Waals surface area contributed by atoms with Gasteiger partial charge in [-0.25, -0.2) is 13.2 Å². The van der Waals surface area contributed by atoms with Crippen molar-refractivity contribution in [2.45, 2.75) is 26.2 Å². The SMILES string of the molecule is CCCOC(=O)CCC(=O)c1cc(F)c(F)c(F)c1. The highest BCUT2D eigenvalue weighted by atomic mass is 19.2. The molecule has 0 aromatic heterocycles. The largest absolute Gasteiger partial charge is 0.466 e. The molecule has 1 rings (SSSR count). The Morgan fingerprint density at radius 2 is 1.68 bits per heavy atom. The average Bonchev–Trinajstić information content (AvgIpc) is 2.39. The van der Waals surface area contributed by atoms with Crippen LogP contribution in [0, 0.1) is 17.5 Å². The minimum atomic E-state index is -1.63. The van der Waals surface area contributed by atoms with Crippen LogP contribution >= 0.6 is 0 Å². The van der Waals surface area contributed by atoms with E-state index in [1.54, 1.807) is 0 Å². The second kappa shape index (κ2) is 6.92. The molecule has 0 bridgehead atoms. The third kappa shape index (κ3) is 4.39. The van der Waals surface area contributed by atoms with Crippen molar-refractivity contribution in [1.29, 1.82) is 0 Å². The third-order valence-corrected chi connectivity index (χ3v) is 2.33. The number of carbonyl (C=O) groups excluding carboxylic acids is 2. The highest BCUT2D eigenvalue weighted by molar-refractivity contribution is 5.97. The fourth-order valence-electron chi connectivity index (χ4n) is 1.36. The molecule has 0 amide bonds. The summed E-state index contributed by atoms with van der Waals surface area (Å²) < 4.78 is 43.3. The standard InChI is InChI=1S/C13H13F3O3/c1-2-5-19-12(18)4-3-11(17)8-6-9(14)13(16)10(15)7-8/h6-7H,2-5H2,1H3. The monoisotopic (exact) mass is 274 g/mol. The topological polar surface area (TPSA) is 43.4 Å². The molecular formula is C13H13F3O3. The van der Waals surface area contributed by atoms with E-state index in [1.807, 2.05) is 6.92 Å². The third-order valence-electron chi connectivity index (χ3n) is 2.33. The number of carbonyl (C=O) groups is 2. The summed E-state index contributed by atoms with van der Waals surface area (Å²) in [6, 6.07) is 1.22. The van der Waals surface area contributed by atoms with Crippen molar-refractivity contribution in [3.63, 3.8) is 0 Å². The second-order valence-electron chi connectivity index (χ2n) is 3.90. The first-order valence-corrected chi connectivity index (χ1v) is 5.79. The lowest BCUT2D eigenvalue weighted by atomic mass is 10.1. The van der Waals surface area contributed by atoms with Crippen molar-refractivity contribution in [1.82, 2.24) is 0 Å². The Kier molecular flexibility index (Phi) is 5.54.